The van der Waals surface area contributed by atoms with Gasteiger partial charge in [-0.05, 0) is 31.5 Å². The van der Waals surface area contributed by atoms with E-state index in [4.69, 9.17) is 0 Å². The summed E-state index contributed by atoms with van der Waals surface area (Å²) in [5.74, 6) is 0.753. The molecule has 2 rings (SSSR count). The van der Waals surface area contributed by atoms with Crippen molar-refractivity contribution in [1.29, 1.82) is 0 Å². The smallest absolute Gasteiger partial charge is 0.241 e. The summed E-state index contributed by atoms with van der Waals surface area (Å²) >= 11 is 0. The van der Waals surface area contributed by atoms with Crippen LogP contribution < -0.4 is 5.43 Å². The Morgan fingerprint density at radius 1 is 1.42 bits per heavy atom. The van der Waals surface area contributed by atoms with Crippen molar-refractivity contribution in [2.24, 2.45) is 7.05 Å². The van der Waals surface area contributed by atoms with Gasteiger partial charge in [0.15, 0.2) is 0 Å². The number of hydrazine groups is 1. The molecule has 0 aliphatic heterocycles. The topological polar surface area (TPSA) is 50.2 Å². The lowest BCUT2D eigenvalue weighted by molar-refractivity contribution is -0.125. The Balaban J connectivity index is 2.33. The van der Waals surface area contributed by atoms with E-state index in [0.29, 0.717) is 0 Å². The average molecular weight is 260 g/mol. The Kier molecular flexibility index (Phi) is 3.57. The van der Waals surface area contributed by atoms with Crippen LogP contribution in [-0.2, 0) is 11.8 Å². The van der Waals surface area contributed by atoms with Crippen molar-refractivity contribution in [2.75, 3.05) is 14.1 Å². The molecule has 1 heterocycles. The number of nitrogens with one attached hydrogen (secondary N) is 1. The predicted molar refractivity (Wildman–Crippen MR) is 75.7 cm³/mol. The number of aromatic nitrogens is 2. The van der Waals surface area contributed by atoms with Crippen molar-refractivity contribution in [1.82, 2.24) is 20.0 Å². The van der Waals surface area contributed by atoms with Gasteiger partial charge in [-0.15, -0.1) is 0 Å². The second-order valence-electron chi connectivity index (χ2n) is 5.06. The molecule has 0 fully saturated rings. The van der Waals surface area contributed by atoms with E-state index in [-0.39, 0.29) is 11.8 Å². The van der Waals surface area contributed by atoms with E-state index in [9.17, 15) is 4.79 Å². The number of benzene rings is 1. The van der Waals surface area contributed by atoms with E-state index in [0.717, 1.165) is 22.4 Å². The quantitative estimate of drug-likeness (QED) is 0.852. The first-order valence-corrected chi connectivity index (χ1v) is 6.31. The van der Waals surface area contributed by atoms with Gasteiger partial charge in [0.1, 0.15) is 5.82 Å². The van der Waals surface area contributed by atoms with Gasteiger partial charge in [0.05, 0.1) is 17.0 Å². The summed E-state index contributed by atoms with van der Waals surface area (Å²) in [5.41, 5.74) is 5.77. The summed E-state index contributed by atoms with van der Waals surface area (Å²) in [6.45, 7) is 3.87. The third kappa shape index (κ3) is 2.61. The molecule has 102 valence electrons. The molecule has 1 amide bonds. The maximum Gasteiger partial charge on any atom is 0.241 e. The molecular formula is C14H20N4O. The molecule has 1 unspecified atom stereocenters. The number of aryl methyl sites for hydroxylation is 2. The van der Waals surface area contributed by atoms with Gasteiger partial charge >= 0.3 is 0 Å². The molecule has 2 aromatic rings. The SMILES string of the molecule is Cc1nc2cc(C(C)C(=O)NN(C)C)ccc2n1C. The van der Waals surface area contributed by atoms with E-state index in [1.165, 1.54) is 0 Å². The lowest BCUT2D eigenvalue weighted by Crippen LogP contribution is -2.38. The van der Waals surface area contributed by atoms with Gasteiger partial charge in [-0.1, -0.05) is 6.07 Å². The monoisotopic (exact) mass is 260 g/mol. The predicted octanol–water partition coefficient (Wildman–Crippen LogP) is 1.58. The highest BCUT2D eigenvalue weighted by Gasteiger charge is 2.17. The Bertz CT molecular complexity index is 615. The van der Waals surface area contributed by atoms with Gasteiger partial charge in [-0.3, -0.25) is 10.2 Å². The summed E-state index contributed by atoms with van der Waals surface area (Å²) in [5, 5.41) is 1.66. The number of amides is 1. The third-order valence-corrected chi connectivity index (χ3v) is 3.36. The molecule has 0 saturated carbocycles. The van der Waals surface area contributed by atoms with Gasteiger partial charge in [0, 0.05) is 21.1 Å². The molecule has 0 bridgehead atoms. The number of imidazole rings is 1. The van der Waals surface area contributed by atoms with Crippen molar-refractivity contribution >= 4 is 16.9 Å². The van der Waals surface area contributed by atoms with Gasteiger partial charge in [0.25, 0.3) is 0 Å². The maximum atomic E-state index is 12.0. The summed E-state index contributed by atoms with van der Waals surface area (Å²) in [4.78, 5) is 16.5. The van der Waals surface area contributed by atoms with E-state index >= 15 is 0 Å². The number of carbonyl (C=O) groups excluding carboxylic acids is 1. The van der Waals surface area contributed by atoms with Crippen LogP contribution in [0.1, 0.15) is 24.2 Å². The average Bonchev–Trinajstić information content (AvgIpc) is 2.63. The largest absolute Gasteiger partial charge is 0.331 e. The summed E-state index contributed by atoms with van der Waals surface area (Å²) in [6, 6.07) is 6.00. The molecule has 0 spiro atoms. The van der Waals surface area contributed by atoms with E-state index in [1.807, 2.05) is 43.7 Å². The Morgan fingerprint density at radius 3 is 2.74 bits per heavy atom. The first-order chi connectivity index (χ1) is 8.90. The molecule has 5 heteroatoms. The van der Waals surface area contributed by atoms with Crippen LogP contribution >= 0.6 is 0 Å². The zero-order valence-electron chi connectivity index (χ0n) is 12.1. The first-order valence-electron chi connectivity index (χ1n) is 6.31. The molecule has 0 aliphatic carbocycles. The molecule has 1 N–H and O–H groups in total. The van der Waals surface area contributed by atoms with Crippen molar-refractivity contribution in [3.05, 3.63) is 29.6 Å². The molecule has 0 radical (unpaired) electrons. The van der Waals surface area contributed by atoms with Gasteiger partial charge < -0.3 is 4.57 Å². The Hall–Kier alpha value is -1.88. The van der Waals surface area contributed by atoms with Crippen LogP contribution in [0.15, 0.2) is 18.2 Å². The van der Waals surface area contributed by atoms with Crippen molar-refractivity contribution < 1.29 is 4.79 Å². The number of rotatable bonds is 3. The molecule has 5 nitrogen and oxygen atoms in total. The number of hydrogen-bond donors (Lipinski definition) is 1. The molecule has 1 aromatic heterocycles. The standard InChI is InChI=1S/C14H20N4O/c1-9(14(19)16-17(3)4)11-6-7-13-12(8-11)15-10(2)18(13)5/h6-9H,1-5H3,(H,16,19). The summed E-state index contributed by atoms with van der Waals surface area (Å²) < 4.78 is 2.05. The highest BCUT2D eigenvalue weighted by atomic mass is 16.2. The van der Waals surface area contributed by atoms with Crippen LogP contribution in [-0.4, -0.2) is 34.6 Å². The van der Waals surface area contributed by atoms with Crippen LogP contribution in [0.4, 0.5) is 0 Å². The highest BCUT2D eigenvalue weighted by molar-refractivity contribution is 5.85. The fraction of sp³-hybridized carbons (Fsp3) is 0.429. The van der Waals surface area contributed by atoms with Crippen molar-refractivity contribution in [3.8, 4) is 0 Å². The second-order valence-corrected chi connectivity index (χ2v) is 5.06. The lowest BCUT2D eigenvalue weighted by atomic mass is 10.00. The minimum Gasteiger partial charge on any atom is -0.331 e. The van der Waals surface area contributed by atoms with E-state index in [1.54, 1.807) is 19.1 Å². The van der Waals surface area contributed by atoms with Gasteiger partial charge in [-0.2, -0.15) is 0 Å². The number of nitrogens with zero attached hydrogens (tertiary/aromatic N) is 3. The molecule has 0 saturated heterocycles. The molecule has 1 aromatic carbocycles. The normalized spacial score (nSPS) is 12.9. The molecule has 0 aliphatic rings. The first kappa shape index (κ1) is 13.5. The highest BCUT2D eigenvalue weighted by Crippen LogP contribution is 2.22. The Labute approximate surface area is 113 Å². The van der Waals surface area contributed by atoms with E-state index < -0.39 is 0 Å². The van der Waals surface area contributed by atoms with Crippen LogP contribution in [0.3, 0.4) is 0 Å². The van der Waals surface area contributed by atoms with Crippen LogP contribution in [0, 0.1) is 6.92 Å². The maximum absolute atomic E-state index is 12.0. The van der Waals surface area contributed by atoms with Gasteiger partial charge in [0.2, 0.25) is 5.91 Å². The fourth-order valence-corrected chi connectivity index (χ4v) is 2.08. The number of hydrogen-bond acceptors (Lipinski definition) is 3. The fourth-order valence-electron chi connectivity index (χ4n) is 2.08. The summed E-state index contributed by atoms with van der Waals surface area (Å²) in [6.07, 6.45) is 0. The zero-order valence-corrected chi connectivity index (χ0v) is 12.1. The van der Waals surface area contributed by atoms with Crippen molar-refractivity contribution in [3.63, 3.8) is 0 Å². The van der Waals surface area contributed by atoms with Crippen LogP contribution in [0.2, 0.25) is 0 Å². The second kappa shape index (κ2) is 5.01. The third-order valence-electron chi connectivity index (χ3n) is 3.36. The molecular weight excluding hydrogens is 240 g/mol. The van der Waals surface area contributed by atoms with Crippen LogP contribution in [0.25, 0.3) is 11.0 Å². The van der Waals surface area contributed by atoms with Gasteiger partial charge in [-0.25, -0.2) is 9.99 Å². The lowest BCUT2D eigenvalue weighted by Gasteiger charge is -2.16. The molecule has 1 atom stereocenters. The molecule has 19 heavy (non-hydrogen) atoms. The number of fused-ring (bicyclic) bond motifs is 1. The number of carbonyl (C=O) groups is 1. The van der Waals surface area contributed by atoms with Crippen LogP contribution in [0.5, 0.6) is 0 Å². The minimum atomic E-state index is -0.200. The minimum absolute atomic E-state index is 0.0167. The van der Waals surface area contributed by atoms with E-state index in [2.05, 4.69) is 10.4 Å². The summed E-state index contributed by atoms with van der Waals surface area (Å²) in [7, 11) is 5.60. The Morgan fingerprint density at radius 2 is 2.11 bits per heavy atom. The van der Waals surface area contributed by atoms with Crippen molar-refractivity contribution in [2.45, 2.75) is 19.8 Å². The zero-order chi connectivity index (χ0) is 14.2.